The Hall–Kier alpha value is -0.830. The minimum atomic E-state index is 0.140. The summed E-state index contributed by atoms with van der Waals surface area (Å²) in [5.41, 5.74) is 0.238. The Morgan fingerprint density at radius 1 is 1.67 bits per heavy atom. The van der Waals surface area contributed by atoms with Crippen LogP contribution in [0, 0.1) is 5.41 Å². The van der Waals surface area contributed by atoms with E-state index in [0.29, 0.717) is 6.42 Å². The molecule has 1 fully saturated rings. The van der Waals surface area contributed by atoms with Gasteiger partial charge in [0.05, 0.1) is 0 Å². The van der Waals surface area contributed by atoms with Crippen LogP contribution >= 0.6 is 0 Å². The monoisotopic (exact) mass is 210 g/mol. The summed E-state index contributed by atoms with van der Waals surface area (Å²) in [6, 6.07) is 0. The van der Waals surface area contributed by atoms with Crippen LogP contribution in [0.5, 0.6) is 0 Å². The van der Waals surface area contributed by atoms with Crippen molar-refractivity contribution in [1.82, 2.24) is 10.6 Å². The lowest BCUT2D eigenvalue weighted by molar-refractivity contribution is -0.121. The number of hydrogen-bond acceptors (Lipinski definition) is 2. The molecule has 0 saturated carbocycles. The van der Waals surface area contributed by atoms with Crippen molar-refractivity contribution >= 4 is 5.91 Å². The third-order valence-corrected chi connectivity index (χ3v) is 2.97. The maximum Gasteiger partial charge on any atom is 0.220 e. The van der Waals surface area contributed by atoms with E-state index in [4.69, 9.17) is 0 Å². The first-order chi connectivity index (χ1) is 7.16. The molecule has 2 N–H and O–H groups in total. The summed E-state index contributed by atoms with van der Waals surface area (Å²) >= 11 is 0. The molecule has 0 spiro atoms. The molecule has 3 heteroatoms. The summed E-state index contributed by atoms with van der Waals surface area (Å²) in [5.74, 6) is 0.140. The minimum absolute atomic E-state index is 0.140. The van der Waals surface area contributed by atoms with E-state index in [1.54, 1.807) is 6.08 Å². The second-order valence-corrected chi connectivity index (χ2v) is 4.70. The highest BCUT2D eigenvalue weighted by atomic mass is 16.1. The summed E-state index contributed by atoms with van der Waals surface area (Å²) in [4.78, 5) is 11.4. The second kappa shape index (κ2) is 5.91. The molecule has 1 amide bonds. The summed E-state index contributed by atoms with van der Waals surface area (Å²) in [6.07, 6.45) is 5.51. The number of allylic oxidation sites excluding steroid dienone is 1. The Morgan fingerprint density at radius 2 is 2.47 bits per heavy atom. The fourth-order valence-corrected chi connectivity index (χ4v) is 1.90. The van der Waals surface area contributed by atoms with Crippen LogP contribution in [0.4, 0.5) is 0 Å². The standard InChI is InChI=1S/C12H22N2O/c1-3-4-6-11(15)14-10-12(2)7-5-8-13-9-12/h3,13H,1,4-10H2,2H3,(H,14,15). The van der Waals surface area contributed by atoms with E-state index in [1.807, 2.05) is 0 Å². The van der Waals surface area contributed by atoms with E-state index in [2.05, 4.69) is 24.1 Å². The molecule has 3 nitrogen and oxygen atoms in total. The Kier molecular flexibility index (Phi) is 4.82. The Bertz CT molecular complexity index is 220. The molecular weight excluding hydrogens is 188 g/mol. The van der Waals surface area contributed by atoms with Gasteiger partial charge in [-0.15, -0.1) is 6.58 Å². The normalized spacial score (nSPS) is 25.9. The molecule has 1 saturated heterocycles. The van der Waals surface area contributed by atoms with Crippen molar-refractivity contribution in [2.45, 2.75) is 32.6 Å². The lowest BCUT2D eigenvalue weighted by atomic mass is 9.83. The first kappa shape index (κ1) is 12.2. The van der Waals surface area contributed by atoms with Gasteiger partial charge in [0, 0.05) is 19.5 Å². The minimum Gasteiger partial charge on any atom is -0.355 e. The number of rotatable bonds is 5. The largest absolute Gasteiger partial charge is 0.355 e. The predicted molar refractivity (Wildman–Crippen MR) is 62.7 cm³/mol. The van der Waals surface area contributed by atoms with Crippen LogP contribution in [0.2, 0.25) is 0 Å². The maximum absolute atomic E-state index is 11.4. The highest BCUT2D eigenvalue weighted by molar-refractivity contribution is 5.76. The van der Waals surface area contributed by atoms with Crippen molar-refractivity contribution in [2.75, 3.05) is 19.6 Å². The van der Waals surface area contributed by atoms with Gasteiger partial charge in [-0.1, -0.05) is 13.0 Å². The van der Waals surface area contributed by atoms with Gasteiger partial charge >= 0.3 is 0 Å². The molecule has 0 aliphatic carbocycles. The molecule has 1 atom stereocenters. The lowest BCUT2D eigenvalue weighted by Crippen LogP contribution is -2.45. The molecule has 1 aliphatic rings. The van der Waals surface area contributed by atoms with Crippen LogP contribution in [0.25, 0.3) is 0 Å². The Morgan fingerprint density at radius 3 is 3.07 bits per heavy atom. The summed E-state index contributed by atoms with van der Waals surface area (Å²) in [7, 11) is 0. The molecule has 0 bridgehead atoms. The molecule has 1 heterocycles. The third-order valence-electron chi connectivity index (χ3n) is 2.97. The first-order valence-corrected chi connectivity index (χ1v) is 5.75. The highest BCUT2D eigenvalue weighted by Crippen LogP contribution is 2.24. The van der Waals surface area contributed by atoms with Crippen molar-refractivity contribution in [3.8, 4) is 0 Å². The number of hydrogen-bond donors (Lipinski definition) is 2. The molecule has 0 aromatic rings. The van der Waals surface area contributed by atoms with Crippen LogP contribution in [0.3, 0.4) is 0 Å². The maximum atomic E-state index is 11.4. The smallest absolute Gasteiger partial charge is 0.220 e. The predicted octanol–water partition coefficient (Wildman–Crippen LogP) is 1.46. The van der Waals surface area contributed by atoms with Crippen LogP contribution < -0.4 is 10.6 Å². The van der Waals surface area contributed by atoms with Crippen LogP contribution in [0.15, 0.2) is 12.7 Å². The second-order valence-electron chi connectivity index (χ2n) is 4.70. The number of piperidine rings is 1. The van der Waals surface area contributed by atoms with E-state index in [-0.39, 0.29) is 11.3 Å². The topological polar surface area (TPSA) is 41.1 Å². The molecule has 0 aromatic carbocycles. The SMILES string of the molecule is C=CCCC(=O)NCC1(C)CCCNC1. The molecule has 0 aromatic heterocycles. The molecular formula is C12H22N2O. The van der Waals surface area contributed by atoms with Crippen LogP contribution in [0.1, 0.15) is 32.6 Å². The zero-order chi connectivity index (χ0) is 11.1. The van der Waals surface area contributed by atoms with Crippen LogP contribution in [-0.4, -0.2) is 25.5 Å². The number of carbonyl (C=O) groups is 1. The highest BCUT2D eigenvalue weighted by Gasteiger charge is 2.26. The number of amides is 1. The van der Waals surface area contributed by atoms with Gasteiger partial charge in [0.25, 0.3) is 0 Å². The number of nitrogens with one attached hydrogen (secondary N) is 2. The van der Waals surface area contributed by atoms with Gasteiger partial charge in [-0.2, -0.15) is 0 Å². The van der Waals surface area contributed by atoms with E-state index in [0.717, 1.165) is 26.1 Å². The van der Waals surface area contributed by atoms with Crippen molar-refractivity contribution in [3.05, 3.63) is 12.7 Å². The van der Waals surface area contributed by atoms with Crippen molar-refractivity contribution < 1.29 is 4.79 Å². The van der Waals surface area contributed by atoms with Gasteiger partial charge in [-0.05, 0) is 31.2 Å². The number of carbonyl (C=O) groups excluding carboxylic acids is 1. The zero-order valence-corrected chi connectivity index (χ0v) is 9.64. The summed E-state index contributed by atoms with van der Waals surface area (Å²) in [5, 5.41) is 6.38. The molecule has 15 heavy (non-hydrogen) atoms. The van der Waals surface area contributed by atoms with Gasteiger partial charge in [0.15, 0.2) is 0 Å². The van der Waals surface area contributed by atoms with Gasteiger partial charge in [0.2, 0.25) is 5.91 Å². The van der Waals surface area contributed by atoms with E-state index >= 15 is 0 Å². The Balaban J connectivity index is 2.22. The van der Waals surface area contributed by atoms with Crippen LogP contribution in [-0.2, 0) is 4.79 Å². The molecule has 1 aliphatic heterocycles. The Labute approximate surface area is 92.3 Å². The fourth-order valence-electron chi connectivity index (χ4n) is 1.90. The fraction of sp³-hybridized carbons (Fsp3) is 0.750. The molecule has 86 valence electrons. The first-order valence-electron chi connectivity index (χ1n) is 5.75. The van der Waals surface area contributed by atoms with Crippen molar-refractivity contribution in [2.24, 2.45) is 5.41 Å². The van der Waals surface area contributed by atoms with E-state index < -0.39 is 0 Å². The van der Waals surface area contributed by atoms with Gasteiger partial charge < -0.3 is 10.6 Å². The van der Waals surface area contributed by atoms with Gasteiger partial charge in [-0.3, -0.25) is 4.79 Å². The summed E-state index contributed by atoms with van der Waals surface area (Å²) in [6.45, 7) is 8.74. The third kappa shape index (κ3) is 4.47. The van der Waals surface area contributed by atoms with E-state index in [9.17, 15) is 4.79 Å². The average molecular weight is 210 g/mol. The average Bonchev–Trinajstić information content (AvgIpc) is 2.25. The van der Waals surface area contributed by atoms with Crippen molar-refractivity contribution in [1.29, 1.82) is 0 Å². The van der Waals surface area contributed by atoms with Crippen molar-refractivity contribution in [3.63, 3.8) is 0 Å². The van der Waals surface area contributed by atoms with E-state index in [1.165, 1.54) is 12.8 Å². The zero-order valence-electron chi connectivity index (χ0n) is 9.64. The molecule has 1 unspecified atom stereocenters. The molecule has 1 rings (SSSR count). The lowest BCUT2D eigenvalue weighted by Gasteiger charge is -2.34. The van der Waals surface area contributed by atoms with Gasteiger partial charge in [-0.25, -0.2) is 0 Å². The molecule has 0 radical (unpaired) electrons. The quantitative estimate of drug-likeness (QED) is 0.674. The summed E-state index contributed by atoms with van der Waals surface area (Å²) < 4.78 is 0. The van der Waals surface area contributed by atoms with Gasteiger partial charge in [0.1, 0.15) is 0 Å².